The molecule has 1 atom stereocenters. The van der Waals surface area contributed by atoms with Gasteiger partial charge in [0.05, 0.1) is 0 Å². The molecule has 1 aliphatic rings. The molecule has 0 aliphatic carbocycles. The predicted molar refractivity (Wildman–Crippen MR) is 52.2 cm³/mol. The number of fused-ring (bicyclic) bond motifs is 1. The number of alkyl halides is 1. The third-order valence-corrected chi connectivity index (χ3v) is 2.47. The van der Waals surface area contributed by atoms with E-state index >= 15 is 0 Å². The summed E-state index contributed by atoms with van der Waals surface area (Å²) in [5.41, 5.74) is 1.78. The van der Waals surface area contributed by atoms with Gasteiger partial charge in [0.2, 0.25) is 0 Å². The van der Waals surface area contributed by atoms with Gasteiger partial charge < -0.3 is 5.32 Å². The first-order valence-corrected chi connectivity index (χ1v) is 4.33. The quantitative estimate of drug-likeness (QED) is 0.419. The van der Waals surface area contributed by atoms with Gasteiger partial charge >= 0.3 is 0 Å². The molecule has 13 heavy (non-hydrogen) atoms. The van der Waals surface area contributed by atoms with Crippen LogP contribution >= 0.6 is 11.6 Å². The monoisotopic (exact) mass is 193 g/mol. The Kier molecular flexibility index (Phi) is 1.85. The SMILES string of the molecule is O=CC1(Cl)NC=Cc2ccccc21. The standard InChI is InChI=1S/C10H8ClNO/c11-10(7-13)9-4-2-1-3-8(9)5-6-12-10/h1-7,12H. The van der Waals surface area contributed by atoms with Crippen molar-refractivity contribution in [1.82, 2.24) is 5.32 Å². The van der Waals surface area contributed by atoms with Crippen LogP contribution in [0.3, 0.4) is 0 Å². The van der Waals surface area contributed by atoms with Crippen LogP contribution in [0.4, 0.5) is 0 Å². The van der Waals surface area contributed by atoms with E-state index in [1.807, 2.05) is 30.3 Å². The summed E-state index contributed by atoms with van der Waals surface area (Å²) in [4.78, 5) is 9.72. The zero-order valence-electron chi connectivity index (χ0n) is 6.83. The minimum Gasteiger partial charge on any atom is -0.363 e. The Morgan fingerprint density at radius 1 is 1.38 bits per heavy atom. The molecule has 0 saturated heterocycles. The van der Waals surface area contributed by atoms with Crippen LogP contribution in [0.15, 0.2) is 30.5 Å². The zero-order valence-corrected chi connectivity index (χ0v) is 7.58. The number of carbonyl (C=O) groups is 1. The highest BCUT2D eigenvalue weighted by atomic mass is 35.5. The molecule has 0 radical (unpaired) electrons. The minimum absolute atomic E-state index is 0.705. The van der Waals surface area contributed by atoms with Gasteiger partial charge in [-0.15, -0.1) is 0 Å². The van der Waals surface area contributed by atoms with Gasteiger partial charge in [-0.25, -0.2) is 0 Å². The van der Waals surface area contributed by atoms with Crippen LogP contribution in [-0.2, 0) is 9.79 Å². The second-order valence-electron chi connectivity index (χ2n) is 2.89. The van der Waals surface area contributed by atoms with Gasteiger partial charge in [-0.3, -0.25) is 4.79 Å². The molecule has 1 N–H and O–H groups in total. The van der Waals surface area contributed by atoms with E-state index in [1.54, 1.807) is 6.20 Å². The summed E-state index contributed by atoms with van der Waals surface area (Å²) < 4.78 is 0. The highest BCUT2D eigenvalue weighted by Crippen LogP contribution is 2.30. The molecular weight excluding hydrogens is 186 g/mol. The summed E-state index contributed by atoms with van der Waals surface area (Å²) in [5.74, 6) is 0. The summed E-state index contributed by atoms with van der Waals surface area (Å²) in [5, 5.41) is 2.82. The first kappa shape index (κ1) is 8.32. The molecule has 1 aromatic rings. The predicted octanol–water partition coefficient (Wildman–Crippen LogP) is 1.85. The van der Waals surface area contributed by atoms with Crippen molar-refractivity contribution in [2.45, 2.75) is 5.00 Å². The van der Waals surface area contributed by atoms with E-state index in [4.69, 9.17) is 11.6 Å². The molecule has 0 amide bonds. The molecule has 0 saturated carbocycles. The zero-order chi connectivity index (χ0) is 9.31. The van der Waals surface area contributed by atoms with Crippen molar-refractivity contribution in [3.8, 4) is 0 Å². The molecule has 3 heteroatoms. The Balaban J connectivity index is 2.61. The van der Waals surface area contributed by atoms with E-state index in [0.717, 1.165) is 11.1 Å². The van der Waals surface area contributed by atoms with Crippen molar-refractivity contribution in [3.63, 3.8) is 0 Å². The smallest absolute Gasteiger partial charge is 0.194 e. The summed E-state index contributed by atoms with van der Waals surface area (Å²) >= 11 is 6.06. The molecule has 0 aromatic heterocycles. The molecule has 2 rings (SSSR count). The second kappa shape index (κ2) is 2.89. The van der Waals surface area contributed by atoms with Gasteiger partial charge in [0.25, 0.3) is 0 Å². The van der Waals surface area contributed by atoms with Crippen LogP contribution in [-0.4, -0.2) is 6.29 Å². The Labute approximate surface area is 81.2 Å². The number of benzene rings is 1. The topological polar surface area (TPSA) is 29.1 Å². The minimum atomic E-state index is -1.09. The first-order chi connectivity index (χ1) is 6.26. The van der Waals surface area contributed by atoms with Crippen molar-refractivity contribution in [1.29, 1.82) is 0 Å². The molecule has 2 nitrogen and oxygen atoms in total. The van der Waals surface area contributed by atoms with E-state index in [1.165, 1.54) is 0 Å². The lowest BCUT2D eigenvalue weighted by atomic mass is 9.98. The number of rotatable bonds is 1. The Morgan fingerprint density at radius 3 is 2.92 bits per heavy atom. The highest BCUT2D eigenvalue weighted by molar-refractivity contribution is 6.31. The Bertz CT molecular complexity index is 375. The lowest BCUT2D eigenvalue weighted by Crippen LogP contribution is -2.37. The van der Waals surface area contributed by atoms with Crippen LogP contribution in [0.25, 0.3) is 6.08 Å². The largest absolute Gasteiger partial charge is 0.363 e. The average Bonchev–Trinajstić information content (AvgIpc) is 2.19. The molecule has 0 spiro atoms. The fourth-order valence-electron chi connectivity index (χ4n) is 1.40. The normalized spacial score (nSPS) is 24.7. The average molecular weight is 194 g/mol. The van der Waals surface area contributed by atoms with Crippen LogP contribution < -0.4 is 5.32 Å². The number of nitrogens with one attached hydrogen (secondary N) is 1. The molecular formula is C10H8ClNO. The third-order valence-electron chi connectivity index (χ3n) is 2.07. The van der Waals surface area contributed by atoms with Crippen molar-refractivity contribution < 1.29 is 4.79 Å². The fourth-order valence-corrected chi connectivity index (χ4v) is 1.64. The van der Waals surface area contributed by atoms with Gasteiger partial charge in [0.15, 0.2) is 11.3 Å². The maximum absolute atomic E-state index is 10.8. The maximum atomic E-state index is 10.8. The van der Waals surface area contributed by atoms with E-state index in [0.29, 0.717) is 6.29 Å². The maximum Gasteiger partial charge on any atom is 0.194 e. The summed E-state index contributed by atoms with van der Waals surface area (Å²) in [7, 11) is 0. The Morgan fingerprint density at radius 2 is 2.15 bits per heavy atom. The van der Waals surface area contributed by atoms with Crippen LogP contribution in [0.5, 0.6) is 0 Å². The summed E-state index contributed by atoms with van der Waals surface area (Å²) in [6.45, 7) is 0. The number of hydrogen-bond acceptors (Lipinski definition) is 2. The van der Waals surface area contributed by atoms with Crippen molar-refractivity contribution in [3.05, 3.63) is 41.6 Å². The van der Waals surface area contributed by atoms with Gasteiger partial charge in [-0.2, -0.15) is 0 Å². The summed E-state index contributed by atoms with van der Waals surface area (Å²) in [6, 6.07) is 7.54. The number of hydrogen-bond donors (Lipinski definition) is 1. The summed E-state index contributed by atoms with van der Waals surface area (Å²) in [6.07, 6.45) is 4.28. The van der Waals surface area contributed by atoms with E-state index in [2.05, 4.69) is 5.32 Å². The van der Waals surface area contributed by atoms with Crippen molar-refractivity contribution in [2.75, 3.05) is 0 Å². The van der Waals surface area contributed by atoms with Crippen LogP contribution in [0.1, 0.15) is 11.1 Å². The van der Waals surface area contributed by atoms with E-state index in [9.17, 15) is 4.79 Å². The van der Waals surface area contributed by atoms with Gasteiger partial charge in [0.1, 0.15) is 0 Å². The van der Waals surface area contributed by atoms with Gasteiger partial charge in [0, 0.05) is 5.56 Å². The third kappa shape index (κ3) is 1.23. The second-order valence-corrected chi connectivity index (χ2v) is 3.49. The number of halogens is 1. The van der Waals surface area contributed by atoms with Crippen LogP contribution in [0.2, 0.25) is 0 Å². The van der Waals surface area contributed by atoms with E-state index in [-0.39, 0.29) is 0 Å². The molecule has 1 aliphatic heterocycles. The number of aldehydes is 1. The van der Waals surface area contributed by atoms with Crippen molar-refractivity contribution >= 4 is 24.0 Å². The number of carbonyl (C=O) groups excluding carboxylic acids is 1. The highest BCUT2D eigenvalue weighted by Gasteiger charge is 2.31. The van der Waals surface area contributed by atoms with Crippen LogP contribution in [0, 0.1) is 0 Å². The Hall–Kier alpha value is -1.28. The first-order valence-electron chi connectivity index (χ1n) is 3.95. The van der Waals surface area contributed by atoms with Gasteiger partial charge in [-0.1, -0.05) is 35.9 Å². The molecule has 1 heterocycles. The molecule has 1 unspecified atom stereocenters. The van der Waals surface area contributed by atoms with Crippen molar-refractivity contribution in [2.24, 2.45) is 0 Å². The fraction of sp³-hybridized carbons (Fsp3) is 0.100. The molecule has 0 fully saturated rings. The van der Waals surface area contributed by atoms with Gasteiger partial charge in [-0.05, 0) is 17.8 Å². The molecule has 66 valence electrons. The lowest BCUT2D eigenvalue weighted by molar-refractivity contribution is -0.110. The van der Waals surface area contributed by atoms with E-state index < -0.39 is 5.00 Å². The molecule has 1 aromatic carbocycles. The lowest BCUT2D eigenvalue weighted by Gasteiger charge is -2.26. The molecule has 0 bridgehead atoms.